The largest absolute Gasteiger partial charge is 0.355 e. The number of carbonyl (C=O) groups excluding carboxylic acids is 2. The molecule has 0 aliphatic carbocycles. The standard InChI is InChI=1S/C27H34FN5O3/c1-17(2)14-19-20(28)15-29-25-18(3)22(31-26(19)25)16-33-13-9-10-21(27(33)36)30-23(34)11-7-6-8-12-24(35)32(4)5/h8-10,12-13,15,17,31H,6-7,11,14,16H2,1-5H3,(H,30,34)/b12-8+. The third-order valence-electron chi connectivity index (χ3n) is 5.93. The summed E-state index contributed by atoms with van der Waals surface area (Å²) < 4.78 is 16.0. The molecule has 0 radical (unpaired) electrons. The van der Waals surface area contributed by atoms with Crippen LogP contribution in [0.1, 0.15) is 49.9 Å². The lowest BCUT2D eigenvalue weighted by atomic mass is 10.0. The number of likely N-dealkylation sites (N-methyl/N-ethyl adjacent to an activating group) is 1. The number of aromatic nitrogens is 3. The highest BCUT2D eigenvalue weighted by Gasteiger charge is 2.17. The van der Waals surface area contributed by atoms with E-state index in [9.17, 15) is 18.8 Å². The topological polar surface area (TPSA) is 100 Å². The molecule has 0 unspecified atom stereocenters. The summed E-state index contributed by atoms with van der Waals surface area (Å²) in [6, 6.07) is 3.27. The van der Waals surface area contributed by atoms with E-state index < -0.39 is 0 Å². The van der Waals surface area contributed by atoms with Crippen molar-refractivity contribution >= 4 is 28.5 Å². The van der Waals surface area contributed by atoms with Crippen molar-refractivity contribution in [2.75, 3.05) is 19.4 Å². The molecule has 0 spiro atoms. The summed E-state index contributed by atoms with van der Waals surface area (Å²) in [5, 5.41) is 2.69. The highest BCUT2D eigenvalue weighted by atomic mass is 19.1. The Morgan fingerprint density at radius 2 is 2.06 bits per heavy atom. The number of hydrogen-bond donors (Lipinski definition) is 2. The SMILES string of the molecule is Cc1c(Cn2cccc(NC(=O)CCC/C=C/C(=O)N(C)C)c2=O)[nH]c2c(CC(C)C)c(F)cnc12. The number of aromatic amines is 1. The van der Waals surface area contributed by atoms with Crippen molar-refractivity contribution in [2.24, 2.45) is 5.92 Å². The molecule has 0 saturated carbocycles. The third kappa shape index (κ3) is 6.47. The van der Waals surface area contributed by atoms with Crippen LogP contribution in [0.25, 0.3) is 11.0 Å². The number of nitrogens with zero attached hydrogens (tertiary/aromatic N) is 3. The molecule has 2 amide bonds. The van der Waals surface area contributed by atoms with E-state index in [1.54, 1.807) is 38.5 Å². The molecule has 9 heteroatoms. The number of H-pyrrole nitrogens is 1. The number of halogens is 1. The van der Waals surface area contributed by atoms with Gasteiger partial charge in [0, 0.05) is 38.0 Å². The molecule has 3 aromatic rings. The molecule has 8 nitrogen and oxygen atoms in total. The number of carbonyl (C=O) groups is 2. The van der Waals surface area contributed by atoms with E-state index in [2.05, 4.69) is 15.3 Å². The van der Waals surface area contributed by atoms with Gasteiger partial charge in [-0.2, -0.15) is 0 Å². The highest BCUT2D eigenvalue weighted by Crippen LogP contribution is 2.26. The van der Waals surface area contributed by atoms with Crippen molar-refractivity contribution in [3.05, 3.63) is 69.7 Å². The molecule has 3 rings (SSSR count). The first-order valence-electron chi connectivity index (χ1n) is 12.1. The number of amides is 2. The monoisotopic (exact) mass is 495 g/mol. The lowest BCUT2D eigenvalue weighted by Gasteiger charge is -2.09. The van der Waals surface area contributed by atoms with E-state index in [-0.39, 0.29) is 47.8 Å². The minimum atomic E-state index is -0.342. The zero-order chi connectivity index (χ0) is 26.4. The predicted octanol–water partition coefficient (Wildman–Crippen LogP) is 4.17. The summed E-state index contributed by atoms with van der Waals surface area (Å²) >= 11 is 0. The number of allylic oxidation sites excluding steroid dienone is 1. The van der Waals surface area contributed by atoms with E-state index >= 15 is 0 Å². The molecule has 0 bridgehead atoms. The molecule has 0 fully saturated rings. The first kappa shape index (κ1) is 26.8. The Bertz CT molecular complexity index is 1340. The molecular formula is C27H34FN5O3. The van der Waals surface area contributed by atoms with Crippen LogP contribution in [0.4, 0.5) is 10.1 Å². The van der Waals surface area contributed by atoms with Crippen LogP contribution in [-0.4, -0.2) is 45.3 Å². The minimum absolute atomic E-state index is 0.105. The molecule has 3 heterocycles. The van der Waals surface area contributed by atoms with Gasteiger partial charge >= 0.3 is 0 Å². The number of fused-ring (bicyclic) bond motifs is 1. The average Bonchev–Trinajstić information content (AvgIpc) is 3.13. The molecule has 36 heavy (non-hydrogen) atoms. The van der Waals surface area contributed by atoms with Gasteiger partial charge in [0.25, 0.3) is 5.56 Å². The van der Waals surface area contributed by atoms with E-state index in [1.807, 2.05) is 20.8 Å². The summed E-state index contributed by atoms with van der Waals surface area (Å²) in [6.45, 7) is 6.20. The van der Waals surface area contributed by atoms with Crippen LogP contribution in [0.15, 0.2) is 41.5 Å². The van der Waals surface area contributed by atoms with Crippen LogP contribution in [0.2, 0.25) is 0 Å². The summed E-state index contributed by atoms with van der Waals surface area (Å²) in [6.07, 6.45) is 8.07. The zero-order valence-electron chi connectivity index (χ0n) is 21.5. The molecule has 0 saturated heterocycles. The van der Waals surface area contributed by atoms with Crippen molar-refractivity contribution in [3.8, 4) is 0 Å². The lowest BCUT2D eigenvalue weighted by Crippen LogP contribution is -2.26. The zero-order valence-corrected chi connectivity index (χ0v) is 21.5. The number of rotatable bonds is 10. The third-order valence-corrected chi connectivity index (χ3v) is 5.93. The number of nitrogens with one attached hydrogen (secondary N) is 2. The van der Waals surface area contributed by atoms with Crippen LogP contribution < -0.4 is 10.9 Å². The minimum Gasteiger partial charge on any atom is -0.355 e. The van der Waals surface area contributed by atoms with Crippen LogP contribution in [0.3, 0.4) is 0 Å². The summed E-state index contributed by atoms with van der Waals surface area (Å²) in [7, 11) is 3.35. The van der Waals surface area contributed by atoms with Gasteiger partial charge < -0.3 is 19.8 Å². The van der Waals surface area contributed by atoms with Gasteiger partial charge in [-0.05, 0) is 55.9 Å². The van der Waals surface area contributed by atoms with Gasteiger partial charge in [0.1, 0.15) is 11.5 Å². The number of unbranched alkanes of at least 4 members (excludes halogenated alkanes) is 1. The van der Waals surface area contributed by atoms with Crippen LogP contribution in [0.5, 0.6) is 0 Å². The van der Waals surface area contributed by atoms with Crippen molar-refractivity contribution in [2.45, 2.75) is 53.0 Å². The van der Waals surface area contributed by atoms with E-state index in [0.29, 0.717) is 35.9 Å². The number of aryl methyl sites for hydroxylation is 1. The lowest BCUT2D eigenvalue weighted by molar-refractivity contribution is -0.123. The molecule has 192 valence electrons. The Balaban J connectivity index is 1.71. The first-order valence-corrected chi connectivity index (χ1v) is 12.1. The van der Waals surface area contributed by atoms with Gasteiger partial charge in [-0.1, -0.05) is 19.9 Å². The maximum atomic E-state index is 14.5. The van der Waals surface area contributed by atoms with Crippen molar-refractivity contribution in [1.82, 2.24) is 19.4 Å². The second-order valence-electron chi connectivity index (χ2n) is 9.57. The van der Waals surface area contributed by atoms with Gasteiger partial charge in [-0.25, -0.2) is 4.39 Å². The van der Waals surface area contributed by atoms with E-state index in [1.165, 1.54) is 21.7 Å². The molecule has 0 aliphatic rings. The van der Waals surface area contributed by atoms with Crippen LogP contribution >= 0.6 is 0 Å². The summed E-state index contributed by atoms with van der Waals surface area (Å²) in [5.74, 6) is -0.439. The molecule has 0 aliphatic heterocycles. The average molecular weight is 496 g/mol. The Labute approximate surface area is 210 Å². The Kier molecular flexibility index (Phi) is 8.79. The number of pyridine rings is 2. The van der Waals surface area contributed by atoms with Gasteiger partial charge in [0.2, 0.25) is 11.8 Å². The van der Waals surface area contributed by atoms with Gasteiger partial charge in [0.05, 0.1) is 23.8 Å². The van der Waals surface area contributed by atoms with Crippen molar-refractivity contribution in [3.63, 3.8) is 0 Å². The Morgan fingerprint density at radius 1 is 1.31 bits per heavy atom. The molecular weight excluding hydrogens is 461 g/mol. The summed E-state index contributed by atoms with van der Waals surface area (Å²) in [4.78, 5) is 45.9. The fraction of sp³-hybridized carbons (Fsp3) is 0.407. The fourth-order valence-corrected chi connectivity index (χ4v) is 3.95. The Morgan fingerprint density at radius 3 is 2.75 bits per heavy atom. The fourth-order valence-electron chi connectivity index (χ4n) is 3.95. The van der Waals surface area contributed by atoms with Gasteiger partial charge in [0.15, 0.2) is 0 Å². The van der Waals surface area contributed by atoms with E-state index in [4.69, 9.17) is 0 Å². The van der Waals surface area contributed by atoms with Gasteiger partial charge in [-0.15, -0.1) is 0 Å². The second kappa shape index (κ2) is 11.8. The smallest absolute Gasteiger partial charge is 0.274 e. The van der Waals surface area contributed by atoms with Crippen molar-refractivity contribution < 1.29 is 14.0 Å². The first-order chi connectivity index (χ1) is 17.1. The maximum absolute atomic E-state index is 14.5. The quantitative estimate of drug-likeness (QED) is 0.326. The highest BCUT2D eigenvalue weighted by molar-refractivity contribution is 5.90. The van der Waals surface area contributed by atoms with E-state index in [0.717, 1.165) is 11.3 Å². The normalized spacial score (nSPS) is 11.5. The number of anilines is 1. The Hall–Kier alpha value is -3.75. The number of hydrogen-bond acceptors (Lipinski definition) is 4. The van der Waals surface area contributed by atoms with Crippen LogP contribution in [-0.2, 0) is 22.6 Å². The molecule has 2 N–H and O–H groups in total. The van der Waals surface area contributed by atoms with Crippen molar-refractivity contribution in [1.29, 1.82) is 0 Å². The molecule has 0 aromatic carbocycles. The predicted molar refractivity (Wildman–Crippen MR) is 139 cm³/mol. The maximum Gasteiger partial charge on any atom is 0.274 e. The van der Waals surface area contributed by atoms with Crippen LogP contribution in [0, 0.1) is 18.7 Å². The summed E-state index contributed by atoms with van der Waals surface area (Å²) in [5.41, 5.74) is 3.44. The second-order valence-corrected chi connectivity index (χ2v) is 9.57. The van der Waals surface area contributed by atoms with Gasteiger partial charge in [-0.3, -0.25) is 19.4 Å². The molecule has 0 atom stereocenters. The molecule has 3 aromatic heterocycles.